The average molecular weight is 294 g/mol. The molecule has 18 heavy (non-hydrogen) atoms. The van der Waals surface area contributed by atoms with Crippen LogP contribution in [0.1, 0.15) is 12.8 Å². The number of nitrogens with two attached hydrogens (primary N) is 1. The molecule has 1 aromatic carbocycles. The van der Waals surface area contributed by atoms with Gasteiger partial charge in [-0.05, 0) is 31.0 Å². The second-order valence-corrected chi connectivity index (χ2v) is 7.59. The van der Waals surface area contributed by atoms with Gasteiger partial charge in [0.15, 0.2) is 0 Å². The van der Waals surface area contributed by atoms with Gasteiger partial charge >= 0.3 is 0 Å². The van der Waals surface area contributed by atoms with E-state index in [1.807, 2.05) is 0 Å². The summed E-state index contributed by atoms with van der Waals surface area (Å²) in [4.78, 5) is -0.476. The maximum absolute atomic E-state index is 13.2. The quantitative estimate of drug-likeness (QED) is 0.837. The molecular weight excluding hydrogens is 283 g/mol. The Bertz CT molecular complexity index is 681. The van der Waals surface area contributed by atoms with E-state index >= 15 is 0 Å². The van der Waals surface area contributed by atoms with Gasteiger partial charge in [-0.2, -0.15) is 0 Å². The topological polar surface area (TPSA) is 106 Å². The van der Waals surface area contributed by atoms with Crippen LogP contribution in [0.15, 0.2) is 23.1 Å². The summed E-state index contributed by atoms with van der Waals surface area (Å²) in [5.74, 6) is -0.880. The summed E-state index contributed by atoms with van der Waals surface area (Å²) in [5, 5.41) is 4.37. The molecule has 0 unspecified atom stereocenters. The van der Waals surface area contributed by atoms with Crippen molar-refractivity contribution in [1.29, 1.82) is 0 Å². The maximum Gasteiger partial charge on any atom is 0.238 e. The van der Waals surface area contributed by atoms with Gasteiger partial charge < -0.3 is 0 Å². The third-order valence-corrected chi connectivity index (χ3v) is 5.19. The van der Waals surface area contributed by atoms with Gasteiger partial charge in [0.05, 0.1) is 15.8 Å². The number of halogens is 1. The number of hydrogen-bond acceptors (Lipinski definition) is 4. The predicted octanol–water partition coefficient (Wildman–Crippen LogP) is 0.377. The van der Waals surface area contributed by atoms with Crippen molar-refractivity contribution in [3.05, 3.63) is 24.0 Å². The lowest BCUT2D eigenvalue weighted by Gasteiger charge is -2.08. The highest BCUT2D eigenvalue weighted by Gasteiger charge is 2.35. The molecule has 0 bridgehead atoms. The van der Waals surface area contributed by atoms with E-state index in [-0.39, 0.29) is 5.69 Å². The second-order valence-electron chi connectivity index (χ2n) is 4.07. The van der Waals surface area contributed by atoms with E-state index in [9.17, 15) is 21.2 Å². The van der Waals surface area contributed by atoms with Gasteiger partial charge in [-0.1, -0.05) is 0 Å². The van der Waals surface area contributed by atoms with E-state index in [0.717, 1.165) is 18.2 Å². The smallest absolute Gasteiger partial charge is 0.238 e. The normalized spacial score (nSPS) is 16.6. The van der Waals surface area contributed by atoms with Crippen molar-refractivity contribution in [2.45, 2.75) is 23.0 Å². The third-order valence-electron chi connectivity index (χ3n) is 2.42. The summed E-state index contributed by atoms with van der Waals surface area (Å²) in [6, 6.07) is 2.61. The fraction of sp³-hybridized carbons (Fsp3) is 0.333. The van der Waals surface area contributed by atoms with Crippen LogP contribution in [-0.4, -0.2) is 22.1 Å². The molecular formula is C9H11FN2O4S2. The van der Waals surface area contributed by atoms with Crippen LogP contribution in [0.25, 0.3) is 0 Å². The summed E-state index contributed by atoms with van der Waals surface area (Å²) in [6.45, 7) is 0. The molecule has 1 saturated carbocycles. The monoisotopic (exact) mass is 294 g/mol. The molecule has 3 N–H and O–H groups in total. The van der Waals surface area contributed by atoms with Gasteiger partial charge in [0, 0.05) is 0 Å². The number of nitrogens with one attached hydrogen (secondary N) is 1. The fourth-order valence-electron chi connectivity index (χ4n) is 1.41. The lowest BCUT2D eigenvalue weighted by molar-refractivity contribution is 0.591. The van der Waals surface area contributed by atoms with E-state index in [1.54, 1.807) is 0 Å². The molecule has 0 radical (unpaired) electrons. The van der Waals surface area contributed by atoms with Crippen molar-refractivity contribution in [2.24, 2.45) is 5.14 Å². The van der Waals surface area contributed by atoms with Crippen molar-refractivity contribution in [1.82, 2.24) is 0 Å². The SMILES string of the molecule is NS(=O)(=O)c1cc(F)cc(NS(=O)(=O)C2CC2)c1. The maximum atomic E-state index is 13.2. The zero-order valence-electron chi connectivity index (χ0n) is 9.13. The van der Waals surface area contributed by atoms with Gasteiger partial charge in [0.25, 0.3) is 0 Å². The summed E-state index contributed by atoms with van der Waals surface area (Å²) < 4.78 is 60.7. The van der Waals surface area contributed by atoms with Crippen molar-refractivity contribution >= 4 is 25.7 Å². The van der Waals surface area contributed by atoms with E-state index < -0.39 is 36.0 Å². The van der Waals surface area contributed by atoms with Crippen LogP contribution in [0.2, 0.25) is 0 Å². The van der Waals surface area contributed by atoms with Crippen molar-refractivity contribution in [3.8, 4) is 0 Å². The van der Waals surface area contributed by atoms with Gasteiger partial charge in [-0.3, -0.25) is 4.72 Å². The molecule has 0 heterocycles. The average Bonchev–Trinajstić information content (AvgIpc) is 2.96. The van der Waals surface area contributed by atoms with Gasteiger partial charge in [-0.15, -0.1) is 0 Å². The Morgan fingerprint density at radius 2 is 1.78 bits per heavy atom. The molecule has 0 aliphatic heterocycles. The first-order chi connectivity index (χ1) is 8.18. The molecule has 1 aliphatic rings. The van der Waals surface area contributed by atoms with Crippen LogP contribution in [0.4, 0.5) is 10.1 Å². The van der Waals surface area contributed by atoms with E-state index in [2.05, 4.69) is 4.72 Å². The van der Waals surface area contributed by atoms with Gasteiger partial charge in [0.1, 0.15) is 5.82 Å². The Kier molecular flexibility index (Phi) is 3.07. The Morgan fingerprint density at radius 3 is 2.28 bits per heavy atom. The minimum absolute atomic E-state index is 0.147. The summed E-state index contributed by atoms with van der Waals surface area (Å²) in [6.07, 6.45) is 1.10. The number of benzene rings is 1. The highest BCUT2D eigenvalue weighted by molar-refractivity contribution is 7.93. The van der Waals surface area contributed by atoms with Crippen LogP contribution in [-0.2, 0) is 20.0 Å². The summed E-state index contributed by atoms with van der Waals surface area (Å²) in [7, 11) is -7.65. The van der Waals surface area contributed by atoms with E-state index in [4.69, 9.17) is 5.14 Å². The first-order valence-electron chi connectivity index (χ1n) is 5.03. The predicted molar refractivity (Wildman–Crippen MR) is 63.3 cm³/mol. The minimum Gasteiger partial charge on any atom is -0.283 e. The Hall–Kier alpha value is -1.19. The first kappa shape index (κ1) is 13.2. The van der Waals surface area contributed by atoms with Crippen molar-refractivity contribution < 1.29 is 21.2 Å². The van der Waals surface area contributed by atoms with E-state index in [0.29, 0.717) is 12.8 Å². The van der Waals surface area contributed by atoms with Gasteiger partial charge in [-0.25, -0.2) is 26.4 Å². The van der Waals surface area contributed by atoms with E-state index in [1.165, 1.54) is 0 Å². The lowest BCUT2D eigenvalue weighted by Crippen LogP contribution is -2.18. The number of sulfonamides is 2. The molecule has 100 valence electrons. The molecule has 9 heteroatoms. The molecule has 0 amide bonds. The Labute approximate surface area is 104 Å². The Balaban J connectivity index is 2.37. The zero-order chi connectivity index (χ0) is 13.6. The first-order valence-corrected chi connectivity index (χ1v) is 8.13. The van der Waals surface area contributed by atoms with Crippen LogP contribution in [0.5, 0.6) is 0 Å². The summed E-state index contributed by atoms with van der Waals surface area (Å²) in [5.41, 5.74) is -0.147. The van der Waals surface area contributed by atoms with Crippen LogP contribution in [0, 0.1) is 5.82 Å². The van der Waals surface area contributed by atoms with Crippen molar-refractivity contribution in [2.75, 3.05) is 4.72 Å². The number of rotatable bonds is 4. The number of primary sulfonamides is 1. The molecule has 1 fully saturated rings. The molecule has 0 saturated heterocycles. The number of hydrogen-bond donors (Lipinski definition) is 2. The second kappa shape index (κ2) is 4.18. The summed E-state index contributed by atoms with van der Waals surface area (Å²) >= 11 is 0. The van der Waals surface area contributed by atoms with Crippen LogP contribution in [0.3, 0.4) is 0 Å². The third kappa shape index (κ3) is 2.98. The fourth-order valence-corrected chi connectivity index (χ4v) is 3.35. The largest absolute Gasteiger partial charge is 0.283 e. The zero-order valence-corrected chi connectivity index (χ0v) is 10.8. The molecule has 1 aliphatic carbocycles. The van der Waals surface area contributed by atoms with Crippen molar-refractivity contribution in [3.63, 3.8) is 0 Å². The molecule has 0 spiro atoms. The molecule has 0 aromatic heterocycles. The van der Waals surface area contributed by atoms with Gasteiger partial charge in [0.2, 0.25) is 20.0 Å². The van der Waals surface area contributed by atoms with Crippen LogP contribution >= 0.6 is 0 Å². The molecule has 0 atom stereocenters. The molecule has 1 aromatic rings. The Morgan fingerprint density at radius 1 is 1.17 bits per heavy atom. The molecule has 6 nitrogen and oxygen atoms in total. The molecule has 2 rings (SSSR count). The minimum atomic E-state index is -4.08. The highest BCUT2D eigenvalue weighted by atomic mass is 32.2. The number of anilines is 1. The van der Waals surface area contributed by atoms with Crippen LogP contribution < -0.4 is 9.86 Å². The lowest BCUT2D eigenvalue weighted by atomic mass is 10.3. The highest BCUT2D eigenvalue weighted by Crippen LogP contribution is 2.30. The standard InChI is InChI=1S/C9H11FN2O4S2/c10-6-3-7(5-9(4-6)17(11,13)14)12-18(15,16)8-1-2-8/h3-5,8,12H,1-2H2,(H2,11,13,14).